The minimum Gasteiger partial charge on any atom is -0.377 e. The van der Waals surface area contributed by atoms with Crippen LogP contribution >= 0.6 is 0 Å². The Morgan fingerprint density at radius 1 is 0.511 bits per heavy atom. The molecule has 7 nitrogen and oxygen atoms in total. The van der Waals surface area contributed by atoms with Gasteiger partial charge in [0.05, 0.1) is 0 Å². The van der Waals surface area contributed by atoms with Gasteiger partial charge in [0.2, 0.25) is 0 Å². The van der Waals surface area contributed by atoms with E-state index in [9.17, 15) is 74.6 Å². The van der Waals surface area contributed by atoms with E-state index in [0.29, 0.717) is 0 Å². The molecule has 0 amide bonds. The fourth-order valence-corrected chi connectivity index (χ4v) is 7.77. The molecule has 0 fully saturated rings. The zero-order valence-electron chi connectivity index (χ0n) is 25.3. The normalized spacial score (nSPS) is 15.8. The molecule has 0 aliphatic carbocycles. The van der Waals surface area contributed by atoms with Gasteiger partial charge in [0.25, 0.3) is 0 Å². The van der Waals surface area contributed by atoms with Crippen LogP contribution in [0, 0.1) is 5.92 Å². The Balaban J connectivity index is 0. The van der Waals surface area contributed by atoms with Gasteiger partial charge in [-0.05, 0) is 27.2 Å². The molecule has 0 saturated heterocycles. The molecule has 0 saturated carbocycles. The summed E-state index contributed by atoms with van der Waals surface area (Å²) in [6.45, 7) is 3.38. The summed E-state index contributed by atoms with van der Waals surface area (Å²) in [7, 11) is -4.19. The summed E-state index contributed by atoms with van der Waals surface area (Å²) in [6.07, 6.45) is -34.3. The van der Waals surface area contributed by atoms with E-state index in [0.717, 1.165) is 21.3 Å². The molecule has 0 heterocycles. The highest BCUT2D eigenvalue weighted by Crippen LogP contribution is 2.52. The van der Waals surface area contributed by atoms with Crippen LogP contribution in [0.1, 0.15) is 33.6 Å². The van der Waals surface area contributed by atoms with Crippen molar-refractivity contribution >= 4 is 17.6 Å². The number of alkyl halides is 17. The van der Waals surface area contributed by atoms with E-state index in [4.69, 9.17) is 26.6 Å². The highest BCUT2D eigenvalue weighted by atomic mass is 28.4. The van der Waals surface area contributed by atoms with Crippen LogP contribution < -0.4 is 0 Å². The van der Waals surface area contributed by atoms with Gasteiger partial charge in [-0.3, -0.25) is 4.74 Å². The van der Waals surface area contributed by atoms with Crippen LogP contribution in [-0.4, -0.2) is 101 Å². The van der Waals surface area contributed by atoms with Crippen LogP contribution in [0.2, 0.25) is 12.1 Å². The largest absolute Gasteiger partial charge is 0.501 e. The number of rotatable bonds is 18. The molecule has 0 aromatic carbocycles. The molecule has 286 valence electrons. The SMILES string of the molecule is CCO[Si](CCC(F)(OC(F)(F)C(F)(F)C(F)(F)F)C(F)(F)F)(OCC)OCC.CO[Si](CCC(C(F)(F)F)C(F)(F)F)(OC)OC. The van der Waals surface area contributed by atoms with E-state index in [2.05, 4.69) is 4.74 Å². The maximum atomic E-state index is 14.3. The minimum absolute atomic E-state index is 0.222. The predicted molar refractivity (Wildman–Crippen MR) is 129 cm³/mol. The van der Waals surface area contributed by atoms with Crippen LogP contribution in [-0.2, 0) is 31.3 Å². The molecule has 26 heteroatoms. The van der Waals surface area contributed by atoms with Crippen molar-refractivity contribution in [1.82, 2.24) is 0 Å². The first-order chi connectivity index (χ1) is 20.9. The second-order valence-electron chi connectivity index (χ2n) is 8.87. The Hall–Kier alpha value is -1.04. The van der Waals surface area contributed by atoms with E-state index in [-0.39, 0.29) is 19.8 Å². The molecule has 0 spiro atoms. The second kappa shape index (κ2) is 17.8. The van der Waals surface area contributed by atoms with Gasteiger partial charge in [-0.25, -0.2) is 4.39 Å². The van der Waals surface area contributed by atoms with Crippen LogP contribution in [0.5, 0.6) is 0 Å². The molecule has 0 radical (unpaired) electrons. The van der Waals surface area contributed by atoms with Crippen molar-refractivity contribution in [1.29, 1.82) is 0 Å². The molecular weight excluding hydrogens is 743 g/mol. The third-order valence-corrected chi connectivity index (χ3v) is 11.6. The average Bonchev–Trinajstić information content (AvgIpc) is 2.88. The molecule has 1 atom stereocenters. The number of halogens is 17. The molecule has 0 aromatic heterocycles. The minimum atomic E-state index is -7.10. The van der Waals surface area contributed by atoms with Gasteiger partial charge < -0.3 is 26.6 Å². The third kappa shape index (κ3) is 13.7. The average molecular weight is 777 g/mol. The zero-order valence-corrected chi connectivity index (χ0v) is 27.3. The molecule has 0 aliphatic rings. The van der Waals surface area contributed by atoms with Crippen LogP contribution in [0.25, 0.3) is 0 Å². The molecule has 0 N–H and O–H groups in total. The van der Waals surface area contributed by atoms with E-state index in [1.54, 1.807) is 0 Å². The lowest BCUT2D eigenvalue weighted by Crippen LogP contribution is -2.59. The van der Waals surface area contributed by atoms with Crippen molar-refractivity contribution < 1.29 is 106 Å². The van der Waals surface area contributed by atoms with Gasteiger partial charge in [-0.2, -0.15) is 70.2 Å². The van der Waals surface area contributed by atoms with Gasteiger partial charge in [-0.15, -0.1) is 0 Å². The standard InChI is InChI=1S/C13H19F11O4Si.C8H14F6O3Si/c1-4-25-29(26-5-2,27-6-3)8-7-9(14,11(17,18)19)28-13(23,24)10(15,16)12(20,21)22;1-15-18(16-2,17-3)5-4-6(7(9,10)11)8(12,13)14/h4-8H2,1-3H3;6H,4-5H2,1-3H3. The number of ether oxygens (including phenoxy) is 1. The van der Waals surface area contributed by atoms with E-state index in [1.807, 2.05) is 0 Å². The van der Waals surface area contributed by atoms with Crippen molar-refractivity contribution in [3.63, 3.8) is 0 Å². The maximum Gasteiger partial charge on any atom is 0.501 e. The van der Waals surface area contributed by atoms with Crippen LogP contribution in [0.3, 0.4) is 0 Å². The molecule has 47 heavy (non-hydrogen) atoms. The van der Waals surface area contributed by atoms with Crippen molar-refractivity contribution in [3.05, 3.63) is 0 Å². The van der Waals surface area contributed by atoms with Crippen LogP contribution in [0.4, 0.5) is 74.6 Å². The Bertz CT molecular complexity index is 858. The van der Waals surface area contributed by atoms with Gasteiger partial charge in [0, 0.05) is 59.7 Å². The summed E-state index contributed by atoms with van der Waals surface area (Å²) in [4.78, 5) is 0. The van der Waals surface area contributed by atoms with Crippen molar-refractivity contribution in [2.75, 3.05) is 41.2 Å². The highest BCUT2D eigenvalue weighted by Gasteiger charge is 2.78. The van der Waals surface area contributed by atoms with Gasteiger partial charge in [0.1, 0.15) is 0 Å². The fourth-order valence-electron chi connectivity index (χ4n) is 3.39. The monoisotopic (exact) mass is 776 g/mol. The Kier molecular flexibility index (Phi) is 18.2. The number of hydrogen-bond donors (Lipinski definition) is 0. The summed E-state index contributed by atoms with van der Waals surface area (Å²) in [6, 6.07) is -1.77. The van der Waals surface area contributed by atoms with E-state index < -0.39 is 91.0 Å². The molecule has 0 rings (SSSR count). The van der Waals surface area contributed by atoms with Gasteiger partial charge >= 0.3 is 60.2 Å². The number of hydrogen-bond acceptors (Lipinski definition) is 7. The third-order valence-electron chi connectivity index (χ3n) is 5.74. The maximum absolute atomic E-state index is 14.3. The van der Waals surface area contributed by atoms with Crippen molar-refractivity contribution in [2.45, 2.75) is 88.3 Å². The fraction of sp³-hybridized carbons (Fsp3) is 1.00. The van der Waals surface area contributed by atoms with Gasteiger partial charge in [-0.1, -0.05) is 0 Å². The lowest BCUT2D eigenvalue weighted by atomic mass is 10.1. The van der Waals surface area contributed by atoms with Crippen LogP contribution in [0.15, 0.2) is 0 Å². The van der Waals surface area contributed by atoms with Crippen molar-refractivity contribution in [2.24, 2.45) is 5.92 Å². The lowest BCUT2D eigenvalue weighted by Gasteiger charge is -2.36. The smallest absolute Gasteiger partial charge is 0.377 e. The van der Waals surface area contributed by atoms with E-state index >= 15 is 0 Å². The summed E-state index contributed by atoms with van der Waals surface area (Å²) in [5.74, 6) is -16.1. The van der Waals surface area contributed by atoms with E-state index in [1.165, 1.54) is 20.8 Å². The first kappa shape index (κ1) is 48.1. The first-order valence-corrected chi connectivity index (χ1v) is 16.7. The van der Waals surface area contributed by atoms with Gasteiger partial charge in [0.15, 0.2) is 5.92 Å². The molecule has 0 aliphatic heterocycles. The first-order valence-electron chi connectivity index (χ1n) is 12.9. The molecular formula is C21H33F17O7Si2. The Morgan fingerprint density at radius 3 is 1.13 bits per heavy atom. The summed E-state index contributed by atoms with van der Waals surface area (Å²) >= 11 is 0. The predicted octanol–water partition coefficient (Wildman–Crippen LogP) is 8.46. The topological polar surface area (TPSA) is 64.6 Å². The summed E-state index contributed by atoms with van der Waals surface area (Å²) < 4.78 is 247. The molecule has 1 unspecified atom stereocenters. The zero-order chi connectivity index (χ0) is 38.0. The lowest BCUT2D eigenvalue weighted by molar-refractivity contribution is -0.483. The Labute approximate surface area is 259 Å². The Morgan fingerprint density at radius 2 is 0.872 bits per heavy atom. The quantitative estimate of drug-likeness (QED) is 0.102. The van der Waals surface area contributed by atoms with Crippen molar-refractivity contribution in [3.8, 4) is 0 Å². The second-order valence-corrected chi connectivity index (χ2v) is 14.7. The molecule has 0 aromatic rings. The summed E-state index contributed by atoms with van der Waals surface area (Å²) in [5.41, 5.74) is 0. The molecule has 0 bridgehead atoms. The highest BCUT2D eigenvalue weighted by molar-refractivity contribution is 6.61. The summed E-state index contributed by atoms with van der Waals surface area (Å²) in [5, 5.41) is 0.